The standard InChI is InChI=1S/C16H24N4O/c1-4-6-7-13-8-10-14(11-9-13)18-16-20-19-15(21-16)12(3)17-5-2/h8-12,17H,4-7H2,1-3H3,(H,18,20). The van der Waals surface area contributed by atoms with E-state index in [2.05, 4.69) is 39.9 Å². The molecule has 0 bridgehead atoms. The fourth-order valence-corrected chi connectivity index (χ4v) is 2.11. The van der Waals surface area contributed by atoms with E-state index in [0.29, 0.717) is 11.9 Å². The lowest BCUT2D eigenvalue weighted by Gasteiger charge is -2.06. The van der Waals surface area contributed by atoms with Crippen molar-refractivity contribution in [3.8, 4) is 0 Å². The molecule has 0 spiro atoms. The van der Waals surface area contributed by atoms with Crippen molar-refractivity contribution in [3.05, 3.63) is 35.7 Å². The van der Waals surface area contributed by atoms with Crippen molar-refractivity contribution in [2.75, 3.05) is 11.9 Å². The Morgan fingerprint density at radius 3 is 2.57 bits per heavy atom. The minimum atomic E-state index is 0.0643. The molecule has 2 aromatic rings. The van der Waals surface area contributed by atoms with Crippen LogP contribution in [0.25, 0.3) is 0 Å². The molecule has 21 heavy (non-hydrogen) atoms. The molecule has 1 aromatic carbocycles. The summed E-state index contributed by atoms with van der Waals surface area (Å²) in [6.45, 7) is 7.12. The van der Waals surface area contributed by atoms with Crippen molar-refractivity contribution in [2.24, 2.45) is 0 Å². The highest BCUT2D eigenvalue weighted by Crippen LogP contribution is 2.19. The van der Waals surface area contributed by atoms with Crippen molar-refractivity contribution in [1.82, 2.24) is 15.5 Å². The van der Waals surface area contributed by atoms with Gasteiger partial charge in [-0.3, -0.25) is 0 Å². The monoisotopic (exact) mass is 288 g/mol. The van der Waals surface area contributed by atoms with Crippen molar-refractivity contribution in [3.63, 3.8) is 0 Å². The summed E-state index contributed by atoms with van der Waals surface area (Å²) < 4.78 is 5.60. The van der Waals surface area contributed by atoms with Gasteiger partial charge < -0.3 is 15.1 Å². The zero-order chi connectivity index (χ0) is 15.1. The van der Waals surface area contributed by atoms with Crippen LogP contribution in [0.15, 0.2) is 28.7 Å². The predicted molar refractivity (Wildman–Crippen MR) is 84.7 cm³/mol. The molecular weight excluding hydrogens is 264 g/mol. The SMILES string of the molecule is CCCCc1ccc(Nc2nnc(C(C)NCC)o2)cc1. The van der Waals surface area contributed by atoms with Crippen LogP contribution >= 0.6 is 0 Å². The highest BCUT2D eigenvalue weighted by molar-refractivity contribution is 5.52. The Morgan fingerprint density at radius 2 is 1.90 bits per heavy atom. The van der Waals surface area contributed by atoms with Crippen LogP contribution in [0.2, 0.25) is 0 Å². The first-order valence-corrected chi connectivity index (χ1v) is 7.65. The van der Waals surface area contributed by atoms with Crippen molar-refractivity contribution in [1.29, 1.82) is 0 Å². The van der Waals surface area contributed by atoms with Gasteiger partial charge in [0, 0.05) is 5.69 Å². The Labute approximate surface area is 126 Å². The number of anilines is 2. The number of nitrogens with one attached hydrogen (secondary N) is 2. The lowest BCUT2D eigenvalue weighted by atomic mass is 10.1. The Hall–Kier alpha value is -1.88. The van der Waals surface area contributed by atoms with Gasteiger partial charge in [0.05, 0.1) is 6.04 Å². The summed E-state index contributed by atoms with van der Waals surface area (Å²) in [7, 11) is 0. The molecule has 0 radical (unpaired) electrons. The molecule has 5 heteroatoms. The fourth-order valence-electron chi connectivity index (χ4n) is 2.11. The zero-order valence-corrected chi connectivity index (χ0v) is 13.0. The molecule has 5 nitrogen and oxygen atoms in total. The van der Waals surface area contributed by atoms with Gasteiger partial charge in [0.25, 0.3) is 0 Å². The molecule has 0 saturated heterocycles. The molecule has 1 unspecified atom stereocenters. The highest BCUT2D eigenvalue weighted by atomic mass is 16.4. The maximum Gasteiger partial charge on any atom is 0.320 e. The number of hydrogen-bond donors (Lipinski definition) is 2. The van der Waals surface area contributed by atoms with E-state index in [4.69, 9.17) is 4.42 Å². The molecule has 0 aliphatic carbocycles. The van der Waals surface area contributed by atoms with Crippen LogP contribution in [0.3, 0.4) is 0 Å². The van der Waals surface area contributed by atoms with Gasteiger partial charge in [-0.15, -0.1) is 5.10 Å². The summed E-state index contributed by atoms with van der Waals surface area (Å²) in [4.78, 5) is 0. The molecule has 0 saturated carbocycles. The predicted octanol–water partition coefficient (Wildman–Crippen LogP) is 3.83. The number of benzene rings is 1. The van der Waals surface area contributed by atoms with Gasteiger partial charge in [-0.1, -0.05) is 37.5 Å². The third kappa shape index (κ3) is 4.56. The summed E-state index contributed by atoms with van der Waals surface area (Å²) in [5, 5.41) is 14.4. The molecule has 1 atom stereocenters. The quantitative estimate of drug-likeness (QED) is 0.773. The number of aryl methyl sites for hydroxylation is 1. The number of nitrogens with zero attached hydrogens (tertiary/aromatic N) is 2. The molecule has 2 rings (SSSR count). The smallest absolute Gasteiger partial charge is 0.320 e. The first-order chi connectivity index (χ1) is 10.2. The maximum absolute atomic E-state index is 5.60. The maximum atomic E-state index is 5.60. The molecule has 1 heterocycles. The van der Waals surface area contributed by atoms with Crippen LogP contribution in [-0.2, 0) is 6.42 Å². The molecule has 0 aliphatic rings. The van der Waals surface area contributed by atoms with E-state index in [9.17, 15) is 0 Å². The summed E-state index contributed by atoms with van der Waals surface area (Å²) in [5.41, 5.74) is 2.32. The van der Waals surface area contributed by atoms with Crippen LogP contribution in [0, 0.1) is 0 Å². The van der Waals surface area contributed by atoms with Crippen LogP contribution in [0.5, 0.6) is 0 Å². The minimum Gasteiger partial charge on any atom is -0.406 e. The van der Waals surface area contributed by atoms with E-state index in [1.807, 2.05) is 26.0 Å². The average Bonchev–Trinajstić information content (AvgIpc) is 2.95. The van der Waals surface area contributed by atoms with Crippen LogP contribution in [0.4, 0.5) is 11.7 Å². The Bertz CT molecular complexity index is 535. The van der Waals surface area contributed by atoms with Crippen LogP contribution in [-0.4, -0.2) is 16.7 Å². The van der Waals surface area contributed by atoms with Crippen molar-refractivity contribution >= 4 is 11.7 Å². The third-order valence-electron chi connectivity index (χ3n) is 3.35. The Morgan fingerprint density at radius 1 is 1.14 bits per heavy atom. The average molecular weight is 288 g/mol. The number of hydrogen-bond acceptors (Lipinski definition) is 5. The zero-order valence-electron chi connectivity index (χ0n) is 13.0. The first-order valence-electron chi connectivity index (χ1n) is 7.65. The number of aromatic nitrogens is 2. The minimum absolute atomic E-state index is 0.0643. The first kappa shape index (κ1) is 15.5. The Kier molecular flexibility index (Phi) is 5.75. The lowest BCUT2D eigenvalue weighted by Crippen LogP contribution is -2.17. The van der Waals surface area contributed by atoms with Gasteiger partial charge in [-0.05, 0) is 44.0 Å². The second kappa shape index (κ2) is 7.78. The molecule has 0 fully saturated rings. The normalized spacial score (nSPS) is 12.3. The van der Waals surface area contributed by atoms with Crippen LogP contribution < -0.4 is 10.6 Å². The number of rotatable bonds is 8. The van der Waals surface area contributed by atoms with Crippen LogP contribution in [0.1, 0.15) is 51.1 Å². The molecular formula is C16H24N4O. The van der Waals surface area contributed by atoms with Crippen molar-refractivity contribution in [2.45, 2.75) is 46.1 Å². The molecule has 0 amide bonds. The van der Waals surface area contributed by atoms with Gasteiger partial charge in [0.2, 0.25) is 5.89 Å². The van der Waals surface area contributed by atoms with E-state index in [1.54, 1.807) is 0 Å². The molecule has 1 aromatic heterocycles. The van der Waals surface area contributed by atoms with E-state index in [1.165, 1.54) is 18.4 Å². The summed E-state index contributed by atoms with van der Waals surface area (Å²) >= 11 is 0. The molecule has 2 N–H and O–H groups in total. The molecule has 0 aliphatic heterocycles. The van der Waals surface area contributed by atoms with Gasteiger partial charge in [0.15, 0.2) is 0 Å². The van der Waals surface area contributed by atoms with Gasteiger partial charge in [-0.2, -0.15) is 0 Å². The summed E-state index contributed by atoms with van der Waals surface area (Å²) in [6.07, 6.45) is 3.57. The van der Waals surface area contributed by atoms with Crippen molar-refractivity contribution < 1.29 is 4.42 Å². The molecule has 114 valence electrons. The topological polar surface area (TPSA) is 63.0 Å². The fraction of sp³-hybridized carbons (Fsp3) is 0.500. The largest absolute Gasteiger partial charge is 0.406 e. The summed E-state index contributed by atoms with van der Waals surface area (Å²) in [6, 6.07) is 8.85. The summed E-state index contributed by atoms with van der Waals surface area (Å²) in [5.74, 6) is 0.596. The van der Waals surface area contributed by atoms with Gasteiger partial charge >= 0.3 is 6.01 Å². The van der Waals surface area contributed by atoms with E-state index in [-0.39, 0.29) is 6.04 Å². The third-order valence-corrected chi connectivity index (χ3v) is 3.35. The number of unbranched alkanes of at least 4 members (excludes halogenated alkanes) is 1. The van der Waals surface area contributed by atoms with E-state index >= 15 is 0 Å². The second-order valence-electron chi connectivity index (χ2n) is 5.15. The van der Waals surface area contributed by atoms with E-state index < -0.39 is 0 Å². The van der Waals surface area contributed by atoms with Gasteiger partial charge in [0.1, 0.15) is 0 Å². The second-order valence-corrected chi connectivity index (χ2v) is 5.15. The van der Waals surface area contributed by atoms with Gasteiger partial charge in [-0.25, -0.2) is 0 Å². The highest BCUT2D eigenvalue weighted by Gasteiger charge is 2.12. The lowest BCUT2D eigenvalue weighted by molar-refractivity contribution is 0.430. The van der Waals surface area contributed by atoms with E-state index in [0.717, 1.165) is 18.7 Å². The Balaban J connectivity index is 1.95.